The molecule has 0 radical (unpaired) electrons. The smallest absolute Gasteiger partial charge is 0.123 e. The van der Waals surface area contributed by atoms with Crippen LogP contribution in [0.3, 0.4) is 0 Å². The molecule has 20 heavy (non-hydrogen) atoms. The van der Waals surface area contributed by atoms with Gasteiger partial charge >= 0.3 is 0 Å². The molecule has 0 saturated heterocycles. The molecule has 1 aromatic rings. The van der Waals surface area contributed by atoms with Gasteiger partial charge in [0.15, 0.2) is 0 Å². The molecule has 2 rings (SSSR count). The van der Waals surface area contributed by atoms with Crippen molar-refractivity contribution < 1.29 is 4.39 Å². The second kappa shape index (κ2) is 7.75. The van der Waals surface area contributed by atoms with E-state index in [1.165, 1.54) is 38.2 Å². The summed E-state index contributed by atoms with van der Waals surface area (Å²) in [5.41, 5.74) is 1.04. The Balaban J connectivity index is 1.75. The Labute approximate surface area is 122 Å². The van der Waals surface area contributed by atoms with Crippen LogP contribution in [0.2, 0.25) is 0 Å². The predicted octanol–water partition coefficient (Wildman–Crippen LogP) is 3.57. The van der Waals surface area contributed by atoms with Crippen LogP contribution >= 0.6 is 0 Å². The third-order valence-electron chi connectivity index (χ3n) is 4.38. The Morgan fingerprint density at radius 2 is 2.05 bits per heavy atom. The number of hydrogen-bond donors (Lipinski definition) is 1. The molecule has 1 atom stereocenters. The number of benzene rings is 1. The second-order valence-electron chi connectivity index (χ2n) is 6.14. The van der Waals surface area contributed by atoms with E-state index in [-0.39, 0.29) is 5.82 Å². The van der Waals surface area contributed by atoms with Crippen LogP contribution in [0.1, 0.15) is 44.6 Å². The van der Waals surface area contributed by atoms with Crippen molar-refractivity contribution in [2.45, 2.75) is 57.7 Å². The monoisotopic (exact) mass is 278 g/mol. The van der Waals surface area contributed by atoms with Crippen LogP contribution in [0, 0.1) is 5.82 Å². The number of rotatable bonds is 6. The average Bonchev–Trinajstić information content (AvgIpc) is 2.46. The zero-order valence-electron chi connectivity index (χ0n) is 12.7. The first-order valence-corrected chi connectivity index (χ1v) is 7.83. The summed E-state index contributed by atoms with van der Waals surface area (Å²) in [6.07, 6.45) is 6.77. The van der Waals surface area contributed by atoms with Crippen molar-refractivity contribution >= 4 is 0 Å². The minimum atomic E-state index is -0.149. The first-order valence-electron chi connectivity index (χ1n) is 7.83. The van der Waals surface area contributed by atoms with Gasteiger partial charge < -0.3 is 5.32 Å². The molecule has 1 aliphatic carbocycles. The maximum atomic E-state index is 13.2. The molecule has 112 valence electrons. The van der Waals surface area contributed by atoms with Crippen molar-refractivity contribution in [2.24, 2.45) is 0 Å². The normalized spacial score (nSPS) is 18.4. The molecule has 1 fully saturated rings. The SMILES string of the molecule is CC(CNC1CCCCC1)N(C)Cc1cccc(F)c1. The number of nitrogens with one attached hydrogen (secondary N) is 1. The molecular formula is C17H27FN2. The molecule has 1 aliphatic rings. The molecule has 2 nitrogen and oxygen atoms in total. The van der Waals surface area contributed by atoms with E-state index >= 15 is 0 Å². The van der Waals surface area contributed by atoms with Crippen LogP contribution in [0.4, 0.5) is 4.39 Å². The van der Waals surface area contributed by atoms with Crippen molar-refractivity contribution in [1.29, 1.82) is 0 Å². The largest absolute Gasteiger partial charge is 0.312 e. The molecular weight excluding hydrogens is 251 g/mol. The second-order valence-corrected chi connectivity index (χ2v) is 6.14. The van der Waals surface area contributed by atoms with E-state index in [2.05, 4.69) is 24.2 Å². The molecule has 0 spiro atoms. The van der Waals surface area contributed by atoms with Crippen LogP contribution in [0.5, 0.6) is 0 Å². The fourth-order valence-electron chi connectivity index (χ4n) is 2.88. The Bertz CT molecular complexity index is 402. The topological polar surface area (TPSA) is 15.3 Å². The summed E-state index contributed by atoms with van der Waals surface area (Å²) in [7, 11) is 2.11. The van der Waals surface area contributed by atoms with Crippen molar-refractivity contribution in [3.8, 4) is 0 Å². The maximum Gasteiger partial charge on any atom is 0.123 e. The van der Waals surface area contributed by atoms with E-state index in [1.807, 2.05) is 6.07 Å². The van der Waals surface area contributed by atoms with Crippen LogP contribution in [-0.4, -0.2) is 30.6 Å². The lowest BCUT2D eigenvalue weighted by Crippen LogP contribution is -2.42. The zero-order chi connectivity index (χ0) is 14.4. The lowest BCUT2D eigenvalue weighted by Gasteiger charge is -2.29. The molecule has 1 N–H and O–H groups in total. The number of hydrogen-bond acceptors (Lipinski definition) is 2. The van der Waals surface area contributed by atoms with E-state index in [1.54, 1.807) is 12.1 Å². The molecule has 0 amide bonds. The van der Waals surface area contributed by atoms with Crippen molar-refractivity contribution in [3.63, 3.8) is 0 Å². The minimum absolute atomic E-state index is 0.149. The maximum absolute atomic E-state index is 13.2. The Hall–Kier alpha value is -0.930. The number of nitrogens with zero attached hydrogens (tertiary/aromatic N) is 1. The van der Waals surface area contributed by atoms with Gasteiger partial charge in [0.1, 0.15) is 5.82 Å². The van der Waals surface area contributed by atoms with Gasteiger partial charge in [0.25, 0.3) is 0 Å². The third-order valence-corrected chi connectivity index (χ3v) is 4.38. The Kier molecular flexibility index (Phi) is 5.99. The van der Waals surface area contributed by atoms with Crippen LogP contribution < -0.4 is 5.32 Å². The lowest BCUT2D eigenvalue weighted by molar-refractivity contribution is 0.229. The van der Waals surface area contributed by atoms with E-state index < -0.39 is 0 Å². The zero-order valence-corrected chi connectivity index (χ0v) is 12.7. The highest BCUT2D eigenvalue weighted by Gasteiger charge is 2.15. The highest BCUT2D eigenvalue weighted by Crippen LogP contribution is 2.17. The van der Waals surface area contributed by atoms with E-state index in [0.29, 0.717) is 12.1 Å². The van der Waals surface area contributed by atoms with E-state index in [4.69, 9.17) is 0 Å². The molecule has 0 bridgehead atoms. The number of likely N-dealkylation sites (N-methyl/N-ethyl adjacent to an activating group) is 1. The van der Waals surface area contributed by atoms with Gasteiger partial charge in [-0.1, -0.05) is 31.4 Å². The van der Waals surface area contributed by atoms with Gasteiger partial charge in [0, 0.05) is 25.2 Å². The van der Waals surface area contributed by atoms with Gasteiger partial charge in [0.05, 0.1) is 0 Å². The van der Waals surface area contributed by atoms with Crippen molar-refractivity contribution in [3.05, 3.63) is 35.6 Å². The molecule has 0 aromatic heterocycles. The Morgan fingerprint density at radius 1 is 1.30 bits per heavy atom. The fraction of sp³-hybridized carbons (Fsp3) is 0.647. The number of halogens is 1. The van der Waals surface area contributed by atoms with Gasteiger partial charge in [-0.05, 0) is 44.5 Å². The highest BCUT2D eigenvalue weighted by molar-refractivity contribution is 5.16. The third kappa shape index (κ3) is 4.88. The van der Waals surface area contributed by atoms with Crippen molar-refractivity contribution in [2.75, 3.05) is 13.6 Å². The van der Waals surface area contributed by atoms with Crippen LogP contribution in [-0.2, 0) is 6.54 Å². The summed E-state index contributed by atoms with van der Waals surface area (Å²) >= 11 is 0. The summed E-state index contributed by atoms with van der Waals surface area (Å²) in [6.45, 7) is 4.04. The van der Waals surface area contributed by atoms with Gasteiger partial charge in [0.2, 0.25) is 0 Å². The molecule has 0 heterocycles. The van der Waals surface area contributed by atoms with Gasteiger partial charge in [-0.25, -0.2) is 4.39 Å². The molecule has 1 saturated carbocycles. The van der Waals surface area contributed by atoms with Crippen molar-refractivity contribution in [1.82, 2.24) is 10.2 Å². The van der Waals surface area contributed by atoms with E-state index in [9.17, 15) is 4.39 Å². The quantitative estimate of drug-likeness (QED) is 0.856. The lowest BCUT2D eigenvalue weighted by atomic mass is 9.95. The predicted molar refractivity (Wildman–Crippen MR) is 82.2 cm³/mol. The summed E-state index contributed by atoms with van der Waals surface area (Å²) in [6, 6.07) is 8.05. The van der Waals surface area contributed by atoms with Gasteiger partial charge in [-0.2, -0.15) is 0 Å². The standard InChI is InChI=1S/C17H27FN2/c1-14(12-19-17-9-4-3-5-10-17)20(2)13-15-7-6-8-16(18)11-15/h6-8,11,14,17,19H,3-5,9-10,12-13H2,1-2H3. The first-order chi connectivity index (χ1) is 9.65. The van der Waals surface area contributed by atoms with Crippen LogP contribution in [0.15, 0.2) is 24.3 Å². The molecule has 0 aliphatic heterocycles. The molecule has 1 aromatic carbocycles. The molecule has 1 unspecified atom stereocenters. The summed E-state index contributed by atoms with van der Waals surface area (Å²) in [5, 5.41) is 3.68. The van der Waals surface area contributed by atoms with Crippen LogP contribution in [0.25, 0.3) is 0 Å². The van der Waals surface area contributed by atoms with Gasteiger partial charge in [-0.3, -0.25) is 4.90 Å². The first kappa shape index (κ1) is 15.5. The summed E-state index contributed by atoms with van der Waals surface area (Å²) in [5.74, 6) is -0.149. The Morgan fingerprint density at radius 3 is 2.75 bits per heavy atom. The van der Waals surface area contributed by atoms with Gasteiger partial charge in [-0.15, -0.1) is 0 Å². The average molecular weight is 278 g/mol. The highest BCUT2D eigenvalue weighted by atomic mass is 19.1. The summed E-state index contributed by atoms with van der Waals surface area (Å²) in [4.78, 5) is 2.28. The summed E-state index contributed by atoms with van der Waals surface area (Å²) < 4.78 is 13.2. The molecule has 3 heteroatoms. The fourth-order valence-corrected chi connectivity index (χ4v) is 2.88. The minimum Gasteiger partial charge on any atom is -0.312 e. The van der Waals surface area contributed by atoms with E-state index in [0.717, 1.165) is 18.7 Å².